The number of hydrogen-bond donors (Lipinski definition) is 1. The summed E-state index contributed by atoms with van der Waals surface area (Å²) in [5.74, 6) is 0.929. The van der Waals surface area contributed by atoms with Gasteiger partial charge in [-0.15, -0.1) is 10.2 Å². The van der Waals surface area contributed by atoms with Gasteiger partial charge in [0.2, 0.25) is 0 Å². The van der Waals surface area contributed by atoms with Crippen molar-refractivity contribution in [2.45, 2.75) is 33.2 Å². The number of fused-ring (bicyclic) bond motifs is 1. The second-order valence-corrected chi connectivity index (χ2v) is 5.22. The molecule has 0 amide bonds. The van der Waals surface area contributed by atoms with Gasteiger partial charge in [0, 0.05) is 18.7 Å². The minimum atomic E-state index is 0.0834. The Bertz CT molecular complexity index is 481. The van der Waals surface area contributed by atoms with Crippen LogP contribution < -0.4 is 5.73 Å². The highest BCUT2D eigenvalue weighted by molar-refractivity contribution is 5.37. The largest absolute Gasteiger partial charge is 0.327 e. The highest BCUT2D eigenvalue weighted by Gasteiger charge is 2.22. The zero-order chi connectivity index (χ0) is 11.8. The molecule has 0 saturated heterocycles. The molecule has 0 aliphatic rings. The second kappa shape index (κ2) is 3.87. The van der Waals surface area contributed by atoms with Crippen LogP contribution >= 0.6 is 0 Å². The van der Waals surface area contributed by atoms with Gasteiger partial charge in [-0.2, -0.15) is 0 Å². The van der Waals surface area contributed by atoms with Crippen LogP contribution in [0.2, 0.25) is 0 Å². The van der Waals surface area contributed by atoms with E-state index in [0.29, 0.717) is 0 Å². The van der Waals surface area contributed by atoms with E-state index in [1.54, 1.807) is 0 Å². The van der Waals surface area contributed by atoms with Gasteiger partial charge in [0.15, 0.2) is 5.65 Å². The van der Waals surface area contributed by atoms with Crippen LogP contribution in [-0.4, -0.2) is 20.6 Å². The van der Waals surface area contributed by atoms with E-state index in [-0.39, 0.29) is 11.5 Å². The maximum Gasteiger partial charge on any atom is 0.160 e. The van der Waals surface area contributed by atoms with Crippen LogP contribution in [-0.2, 0) is 6.42 Å². The van der Waals surface area contributed by atoms with Crippen LogP contribution in [0.1, 0.15) is 26.6 Å². The van der Waals surface area contributed by atoms with Gasteiger partial charge in [0.25, 0.3) is 0 Å². The van der Waals surface area contributed by atoms with E-state index in [4.69, 9.17) is 5.73 Å². The van der Waals surface area contributed by atoms with Crippen molar-refractivity contribution in [3.05, 3.63) is 30.2 Å². The lowest BCUT2D eigenvalue weighted by molar-refractivity contribution is 0.314. The quantitative estimate of drug-likeness (QED) is 0.833. The van der Waals surface area contributed by atoms with E-state index in [2.05, 4.69) is 31.0 Å². The molecule has 2 heterocycles. The SMILES string of the molecule is CC(C)(C)C(N)Cc1nnc2ccccn12. The fraction of sp³-hybridized carbons (Fsp3) is 0.500. The summed E-state index contributed by atoms with van der Waals surface area (Å²) in [7, 11) is 0. The van der Waals surface area contributed by atoms with Crippen LogP contribution in [0.15, 0.2) is 24.4 Å². The molecular weight excluding hydrogens is 200 g/mol. The molecular formula is C12H18N4. The maximum atomic E-state index is 6.15. The van der Waals surface area contributed by atoms with Crippen molar-refractivity contribution >= 4 is 5.65 Å². The molecule has 1 unspecified atom stereocenters. The van der Waals surface area contributed by atoms with Gasteiger partial charge in [0.05, 0.1) is 0 Å². The Hall–Kier alpha value is -1.42. The molecule has 0 saturated carbocycles. The van der Waals surface area contributed by atoms with Crippen molar-refractivity contribution in [3.63, 3.8) is 0 Å². The van der Waals surface area contributed by atoms with Gasteiger partial charge in [0.1, 0.15) is 5.82 Å². The van der Waals surface area contributed by atoms with Crippen molar-refractivity contribution in [1.82, 2.24) is 14.6 Å². The van der Waals surface area contributed by atoms with E-state index in [1.165, 1.54) is 0 Å². The highest BCUT2D eigenvalue weighted by Crippen LogP contribution is 2.20. The monoisotopic (exact) mass is 218 g/mol. The number of aromatic nitrogens is 3. The first-order valence-corrected chi connectivity index (χ1v) is 5.53. The predicted octanol–water partition coefficient (Wildman–Crippen LogP) is 1.65. The summed E-state index contributed by atoms with van der Waals surface area (Å²) >= 11 is 0. The molecule has 0 radical (unpaired) electrons. The molecule has 0 aliphatic heterocycles. The molecule has 16 heavy (non-hydrogen) atoms. The van der Waals surface area contributed by atoms with Crippen LogP contribution in [0.4, 0.5) is 0 Å². The fourth-order valence-electron chi connectivity index (χ4n) is 1.53. The first kappa shape index (κ1) is 11.1. The third-order valence-corrected chi connectivity index (χ3v) is 2.90. The summed E-state index contributed by atoms with van der Waals surface area (Å²) in [6.07, 6.45) is 2.72. The third kappa shape index (κ3) is 2.07. The van der Waals surface area contributed by atoms with E-state index in [0.717, 1.165) is 17.9 Å². The number of pyridine rings is 1. The zero-order valence-corrected chi connectivity index (χ0v) is 10.0. The van der Waals surface area contributed by atoms with Crippen LogP contribution in [0.25, 0.3) is 5.65 Å². The smallest absolute Gasteiger partial charge is 0.160 e. The molecule has 2 aromatic rings. The summed E-state index contributed by atoms with van der Waals surface area (Å²) < 4.78 is 1.99. The maximum absolute atomic E-state index is 6.15. The van der Waals surface area contributed by atoms with Crippen molar-refractivity contribution < 1.29 is 0 Å². The van der Waals surface area contributed by atoms with Gasteiger partial charge >= 0.3 is 0 Å². The van der Waals surface area contributed by atoms with Gasteiger partial charge in [-0.25, -0.2) is 0 Å². The predicted molar refractivity (Wildman–Crippen MR) is 64.1 cm³/mol. The van der Waals surface area contributed by atoms with Gasteiger partial charge in [-0.3, -0.25) is 4.40 Å². The molecule has 2 N–H and O–H groups in total. The molecule has 2 rings (SSSR count). The second-order valence-electron chi connectivity index (χ2n) is 5.22. The average Bonchev–Trinajstić information content (AvgIpc) is 2.61. The molecule has 0 aromatic carbocycles. The fourth-order valence-corrected chi connectivity index (χ4v) is 1.53. The summed E-state index contributed by atoms with van der Waals surface area (Å²) in [6.45, 7) is 6.42. The molecule has 0 aliphatic carbocycles. The highest BCUT2D eigenvalue weighted by atomic mass is 15.2. The summed E-state index contributed by atoms with van der Waals surface area (Å²) in [5, 5.41) is 8.29. The Labute approximate surface area is 95.5 Å². The van der Waals surface area contributed by atoms with Crippen molar-refractivity contribution in [3.8, 4) is 0 Å². The Balaban J connectivity index is 2.28. The van der Waals surface area contributed by atoms with Gasteiger partial charge < -0.3 is 5.73 Å². The number of nitrogens with zero attached hydrogens (tertiary/aromatic N) is 3. The van der Waals surface area contributed by atoms with E-state index >= 15 is 0 Å². The molecule has 0 bridgehead atoms. The van der Waals surface area contributed by atoms with E-state index < -0.39 is 0 Å². The van der Waals surface area contributed by atoms with Crippen LogP contribution in [0.3, 0.4) is 0 Å². The number of nitrogens with two attached hydrogens (primary N) is 1. The number of rotatable bonds is 2. The van der Waals surface area contributed by atoms with Gasteiger partial charge in [-0.1, -0.05) is 26.8 Å². The normalized spacial score (nSPS) is 14.2. The lowest BCUT2D eigenvalue weighted by atomic mass is 9.85. The number of hydrogen-bond acceptors (Lipinski definition) is 3. The molecule has 4 nitrogen and oxygen atoms in total. The molecule has 86 valence electrons. The topological polar surface area (TPSA) is 56.2 Å². The molecule has 2 aromatic heterocycles. The summed E-state index contributed by atoms with van der Waals surface area (Å²) in [4.78, 5) is 0. The lowest BCUT2D eigenvalue weighted by Crippen LogP contribution is -2.37. The summed E-state index contributed by atoms with van der Waals surface area (Å²) in [6, 6.07) is 5.96. The first-order valence-electron chi connectivity index (χ1n) is 5.53. The van der Waals surface area contributed by atoms with Gasteiger partial charge in [-0.05, 0) is 17.5 Å². The van der Waals surface area contributed by atoms with E-state index in [9.17, 15) is 0 Å². The Morgan fingerprint density at radius 2 is 2.06 bits per heavy atom. The van der Waals surface area contributed by atoms with E-state index in [1.807, 2.05) is 28.8 Å². The minimum absolute atomic E-state index is 0.0834. The zero-order valence-electron chi connectivity index (χ0n) is 10.0. The lowest BCUT2D eigenvalue weighted by Gasteiger charge is -2.26. The van der Waals surface area contributed by atoms with Crippen LogP contribution in [0, 0.1) is 5.41 Å². The molecule has 4 heteroatoms. The average molecular weight is 218 g/mol. The Kier molecular flexibility index (Phi) is 2.68. The summed E-state index contributed by atoms with van der Waals surface area (Å²) in [5.41, 5.74) is 7.11. The third-order valence-electron chi connectivity index (χ3n) is 2.90. The van der Waals surface area contributed by atoms with Crippen LogP contribution in [0.5, 0.6) is 0 Å². The Morgan fingerprint density at radius 3 is 2.75 bits per heavy atom. The van der Waals surface area contributed by atoms with Crippen molar-refractivity contribution in [2.75, 3.05) is 0 Å². The van der Waals surface area contributed by atoms with Crippen molar-refractivity contribution in [2.24, 2.45) is 11.1 Å². The standard InChI is InChI=1S/C12H18N4/c1-12(2,3)9(13)8-11-15-14-10-6-4-5-7-16(10)11/h4-7,9H,8,13H2,1-3H3. The van der Waals surface area contributed by atoms with Crippen molar-refractivity contribution in [1.29, 1.82) is 0 Å². The molecule has 0 spiro atoms. The minimum Gasteiger partial charge on any atom is -0.327 e. The molecule has 1 atom stereocenters. The molecule has 0 fully saturated rings. The Morgan fingerprint density at radius 1 is 1.31 bits per heavy atom. The first-order chi connectivity index (χ1) is 7.48.